The summed E-state index contributed by atoms with van der Waals surface area (Å²) in [5.41, 5.74) is -0.536. The van der Waals surface area contributed by atoms with Gasteiger partial charge in [0.05, 0.1) is 30.6 Å². The van der Waals surface area contributed by atoms with E-state index in [2.05, 4.69) is 6.92 Å². The minimum Gasteiger partial charge on any atom is -0.394 e. The average molecular weight is 494 g/mol. The topological polar surface area (TPSA) is 90.4 Å². The summed E-state index contributed by atoms with van der Waals surface area (Å²) in [5, 5.41) is 10.5. The van der Waals surface area contributed by atoms with Crippen LogP contribution in [-0.4, -0.2) is 88.6 Å². The molecular weight excluding hydrogens is 458 g/mol. The van der Waals surface area contributed by atoms with Gasteiger partial charge in [-0.15, -0.1) is 0 Å². The molecule has 2 saturated heterocycles. The number of unbranched alkanes of at least 4 members (excludes halogenated alkanes) is 2. The zero-order chi connectivity index (χ0) is 25.4. The molecule has 0 saturated carbocycles. The Morgan fingerprint density at radius 2 is 1.83 bits per heavy atom. The quantitative estimate of drug-likeness (QED) is 0.463. The van der Waals surface area contributed by atoms with Gasteiger partial charge in [0.2, 0.25) is 17.7 Å². The van der Waals surface area contributed by atoms with Gasteiger partial charge in [0.15, 0.2) is 0 Å². The second kappa shape index (κ2) is 9.82. The molecule has 0 aromatic heterocycles. The van der Waals surface area contributed by atoms with Gasteiger partial charge >= 0.3 is 0 Å². The molecule has 6 atom stereocenters. The number of rotatable bonds is 7. The number of hydrogen-bond acceptors (Lipinski definition) is 5. The SMILES string of the molecule is CCCCCN1CC=C[C@]23O[C@@H]4C=CCN(C)C(=O)[C@@H]4[C@H]2C(=O)N([C@H](CO)c2ccccc2)C3C1=O. The highest BCUT2D eigenvalue weighted by atomic mass is 16.5. The highest BCUT2D eigenvalue weighted by Crippen LogP contribution is 2.55. The van der Waals surface area contributed by atoms with Crippen LogP contribution in [0.25, 0.3) is 0 Å². The van der Waals surface area contributed by atoms with E-state index in [-0.39, 0.29) is 24.3 Å². The maximum Gasteiger partial charge on any atom is 0.249 e. The summed E-state index contributed by atoms with van der Waals surface area (Å²) >= 11 is 0. The second-order valence-electron chi connectivity index (χ2n) is 10.2. The summed E-state index contributed by atoms with van der Waals surface area (Å²) in [6.45, 7) is 3.22. The van der Waals surface area contributed by atoms with Crippen LogP contribution in [0.3, 0.4) is 0 Å². The predicted octanol–water partition coefficient (Wildman–Crippen LogP) is 1.92. The maximum atomic E-state index is 14.3. The third-order valence-electron chi connectivity index (χ3n) is 8.11. The minimum absolute atomic E-state index is 0.161. The van der Waals surface area contributed by atoms with Crippen molar-refractivity contribution in [3.8, 4) is 0 Å². The lowest BCUT2D eigenvalue weighted by molar-refractivity contribution is -0.151. The Kier molecular flexibility index (Phi) is 6.74. The van der Waals surface area contributed by atoms with Crippen LogP contribution in [0.5, 0.6) is 0 Å². The maximum absolute atomic E-state index is 14.3. The molecule has 1 unspecified atom stereocenters. The number of ether oxygens (including phenoxy) is 1. The Hall–Kier alpha value is -2.97. The third-order valence-corrected chi connectivity index (χ3v) is 8.11. The monoisotopic (exact) mass is 493 g/mol. The van der Waals surface area contributed by atoms with Crippen molar-refractivity contribution in [1.82, 2.24) is 14.7 Å². The molecule has 2 fully saturated rings. The Bertz CT molecular complexity index is 1070. The van der Waals surface area contributed by atoms with Crippen LogP contribution in [0.2, 0.25) is 0 Å². The number of aliphatic hydroxyl groups excluding tert-OH is 1. The van der Waals surface area contributed by atoms with E-state index >= 15 is 0 Å². The van der Waals surface area contributed by atoms with Gasteiger partial charge in [-0.25, -0.2) is 0 Å². The highest BCUT2D eigenvalue weighted by molar-refractivity contribution is 6.00. The predicted molar refractivity (Wildman–Crippen MR) is 134 cm³/mol. The number of hydrogen-bond donors (Lipinski definition) is 1. The lowest BCUT2D eigenvalue weighted by Gasteiger charge is -2.38. The van der Waals surface area contributed by atoms with E-state index in [0.717, 1.165) is 24.8 Å². The molecular formula is C28H35N3O5. The first-order chi connectivity index (χ1) is 17.4. The summed E-state index contributed by atoms with van der Waals surface area (Å²) in [5.74, 6) is -2.25. The van der Waals surface area contributed by atoms with Gasteiger partial charge in [-0.3, -0.25) is 14.4 Å². The summed E-state index contributed by atoms with van der Waals surface area (Å²) in [4.78, 5) is 46.9. The van der Waals surface area contributed by atoms with Gasteiger partial charge in [-0.2, -0.15) is 0 Å². The Balaban J connectivity index is 1.62. The van der Waals surface area contributed by atoms with Crippen LogP contribution < -0.4 is 0 Å². The van der Waals surface area contributed by atoms with E-state index in [1.807, 2.05) is 54.6 Å². The van der Waals surface area contributed by atoms with E-state index in [1.165, 1.54) is 4.90 Å². The standard InChI is InChI=1S/C28H35N3O5/c1-3-4-8-16-30-17-10-14-28-23(22-21(36-28)13-9-15-29(2)25(22)33)26(34)31(24(28)27(30)35)20(18-32)19-11-6-5-7-12-19/h5-7,9-14,20-24,32H,3-4,8,15-18H2,1-2H3/t20-,21-,22+,23+,24?,28+/m1/s1. The molecule has 0 radical (unpaired) electrons. The Morgan fingerprint density at radius 1 is 1.06 bits per heavy atom. The van der Waals surface area contributed by atoms with E-state index in [4.69, 9.17) is 4.74 Å². The molecule has 1 aromatic rings. The summed E-state index contributed by atoms with van der Waals surface area (Å²) < 4.78 is 6.62. The molecule has 1 spiro atoms. The summed E-state index contributed by atoms with van der Waals surface area (Å²) in [6.07, 6.45) is 9.83. The van der Waals surface area contributed by atoms with Gasteiger partial charge in [0.1, 0.15) is 11.6 Å². The molecule has 4 heterocycles. The normalized spacial score (nSPS) is 32.3. The molecule has 3 amide bonds. The number of likely N-dealkylation sites (tertiary alicyclic amines) is 1. The second-order valence-corrected chi connectivity index (χ2v) is 10.2. The molecule has 8 nitrogen and oxygen atoms in total. The number of fused-ring (bicyclic) bond motifs is 2. The molecule has 4 aliphatic rings. The number of benzene rings is 1. The number of likely N-dealkylation sites (N-methyl/N-ethyl adjacent to an activating group) is 1. The van der Waals surface area contributed by atoms with Crippen LogP contribution in [0.1, 0.15) is 37.8 Å². The smallest absolute Gasteiger partial charge is 0.249 e. The minimum atomic E-state index is -1.27. The van der Waals surface area contributed by atoms with Crippen LogP contribution >= 0.6 is 0 Å². The first-order valence-corrected chi connectivity index (χ1v) is 13.0. The zero-order valence-electron chi connectivity index (χ0n) is 21.0. The molecule has 36 heavy (non-hydrogen) atoms. The van der Waals surface area contributed by atoms with Gasteiger partial charge in [-0.05, 0) is 12.0 Å². The fraction of sp³-hybridized carbons (Fsp3) is 0.536. The van der Waals surface area contributed by atoms with E-state index in [0.29, 0.717) is 19.6 Å². The zero-order valence-corrected chi connectivity index (χ0v) is 21.0. The summed E-state index contributed by atoms with van der Waals surface area (Å²) in [7, 11) is 1.72. The summed E-state index contributed by atoms with van der Waals surface area (Å²) in [6, 6.07) is 7.57. The van der Waals surface area contributed by atoms with Gasteiger partial charge in [0.25, 0.3) is 0 Å². The molecule has 1 N–H and O–H groups in total. The average Bonchev–Trinajstić information content (AvgIpc) is 3.21. The number of nitrogens with zero attached hydrogens (tertiary/aromatic N) is 3. The molecule has 5 rings (SSSR count). The van der Waals surface area contributed by atoms with E-state index in [1.54, 1.807) is 16.8 Å². The van der Waals surface area contributed by atoms with Crippen molar-refractivity contribution in [2.24, 2.45) is 11.8 Å². The van der Waals surface area contributed by atoms with Crippen molar-refractivity contribution in [3.05, 3.63) is 60.2 Å². The third kappa shape index (κ3) is 3.78. The Labute approximate surface area is 212 Å². The number of amides is 3. The molecule has 1 aromatic carbocycles. The number of aliphatic hydroxyl groups is 1. The fourth-order valence-electron chi connectivity index (χ4n) is 6.37. The molecule has 8 heteroatoms. The van der Waals surface area contributed by atoms with Crippen LogP contribution in [0.4, 0.5) is 0 Å². The lowest BCUT2D eigenvalue weighted by Crippen LogP contribution is -2.56. The Morgan fingerprint density at radius 3 is 2.56 bits per heavy atom. The van der Waals surface area contributed by atoms with Crippen molar-refractivity contribution >= 4 is 17.7 Å². The van der Waals surface area contributed by atoms with Gasteiger partial charge in [0, 0.05) is 26.7 Å². The van der Waals surface area contributed by atoms with Crippen molar-refractivity contribution in [2.45, 2.75) is 50.0 Å². The van der Waals surface area contributed by atoms with E-state index < -0.39 is 35.6 Å². The molecule has 0 bridgehead atoms. The number of carbonyl (C=O) groups excluding carboxylic acids is 3. The van der Waals surface area contributed by atoms with Crippen molar-refractivity contribution < 1.29 is 24.2 Å². The van der Waals surface area contributed by atoms with Crippen molar-refractivity contribution in [3.63, 3.8) is 0 Å². The largest absolute Gasteiger partial charge is 0.394 e. The lowest BCUT2D eigenvalue weighted by atomic mass is 9.77. The van der Waals surface area contributed by atoms with Crippen molar-refractivity contribution in [2.75, 3.05) is 33.3 Å². The van der Waals surface area contributed by atoms with Crippen LogP contribution in [0, 0.1) is 11.8 Å². The van der Waals surface area contributed by atoms with Crippen molar-refractivity contribution in [1.29, 1.82) is 0 Å². The van der Waals surface area contributed by atoms with Gasteiger partial charge < -0.3 is 24.5 Å². The first-order valence-electron chi connectivity index (χ1n) is 13.0. The highest BCUT2D eigenvalue weighted by Gasteiger charge is 2.72. The van der Waals surface area contributed by atoms with E-state index in [9.17, 15) is 19.5 Å². The van der Waals surface area contributed by atoms with Gasteiger partial charge in [-0.1, -0.05) is 74.4 Å². The van der Waals surface area contributed by atoms with Crippen LogP contribution in [0.15, 0.2) is 54.6 Å². The molecule has 0 aliphatic carbocycles. The molecule has 4 aliphatic heterocycles. The number of carbonyl (C=O) groups is 3. The first kappa shape index (κ1) is 24.7. The fourth-order valence-corrected chi connectivity index (χ4v) is 6.37. The molecule has 192 valence electrons. The van der Waals surface area contributed by atoms with Crippen LogP contribution in [-0.2, 0) is 19.1 Å².